The van der Waals surface area contributed by atoms with Crippen LogP contribution in [0.1, 0.15) is 41.1 Å². The van der Waals surface area contributed by atoms with E-state index in [2.05, 4.69) is 33.5 Å². The van der Waals surface area contributed by atoms with E-state index in [-0.39, 0.29) is 5.91 Å². The van der Waals surface area contributed by atoms with E-state index < -0.39 is 24.3 Å². The lowest BCUT2D eigenvalue weighted by molar-refractivity contribution is -0.193. The Morgan fingerprint density at radius 3 is 2.13 bits per heavy atom. The lowest BCUT2D eigenvalue weighted by Crippen LogP contribution is -2.21. The SMILES string of the molecule is O=C(Nc1ccc(-c2cn3c(n2)SCC3)cc1)c1cccc(C2CC2NCC2CC2)c1.O=C(O)C(F)(F)F.O=C(O)C(F)(F)F. The summed E-state index contributed by atoms with van der Waals surface area (Å²) in [6, 6.07) is 16.6. The fourth-order valence-electron chi connectivity index (χ4n) is 4.32. The molecular formula is C29H28F6N4O5S. The molecule has 2 aliphatic carbocycles. The van der Waals surface area contributed by atoms with Crippen LogP contribution in [0.2, 0.25) is 0 Å². The maximum Gasteiger partial charge on any atom is 0.490 e. The predicted octanol–water partition coefficient (Wildman–Crippen LogP) is 6.03. The molecule has 1 amide bonds. The number of carbonyl (C=O) groups excluding carboxylic acids is 1. The number of carboxylic acids is 2. The summed E-state index contributed by atoms with van der Waals surface area (Å²) in [5.74, 6) is -3.03. The zero-order valence-electron chi connectivity index (χ0n) is 23.4. The van der Waals surface area contributed by atoms with Crippen LogP contribution < -0.4 is 10.6 Å². The highest BCUT2D eigenvalue weighted by atomic mass is 32.2. The van der Waals surface area contributed by atoms with Gasteiger partial charge in [-0.2, -0.15) is 26.3 Å². The van der Waals surface area contributed by atoms with E-state index in [1.165, 1.54) is 24.8 Å². The van der Waals surface area contributed by atoms with E-state index in [4.69, 9.17) is 24.8 Å². The van der Waals surface area contributed by atoms with Crippen molar-refractivity contribution in [2.24, 2.45) is 5.92 Å². The Hall–Kier alpha value is -4.05. The van der Waals surface area contributed by atoms with Crippen molar-refractivity contribution in [3.05, 3.63) is 65.9 Å². The van der Waals surface area contributed by atoms with Crippen molar-refractivity contribution in [1.29, 1.82) is 0 Å². The molecule has 2 unspecified atom stereocenters. The second kappa shape index (κ2) is 13.9. The normalized spacial score (nSPS) is 18.4. The molecule has 3 aromatic rings. The van der Waals surface area contributed by atoms with Crippen LogP contribution in [0.3, 0.4) is 0 Å². The molecule has 0 radical (unpaired) electrons. The summed E-state index contributed by atoms with van der Waals surface area (Å²) in [5, 5.41) is 22.1. The zero-order chi connectivity index (χ0) is 32.9. The molecule has 2 aromatic carbocycles. The number of aliphatic carboxylic acids is 2. The van der Waals surface area contributed by atoms with Gasteiger partial charge in [0.2, 0.25) is 0 Å². The number of benzene rings is 2. The number of hydrogen-bond donors (Lipinski definition) is 4. The Balaban J connectivity index is 0.000000277. The number of anilines is 1. The van der Waals surface area contributed by atoms with Crippen LogP contribution in [0.4, 0.5) is 32.0 Å². The number of halogens is 6. The van der Waals surface area contributed by atoms with Gasteiger partial charge >= 0.3 is 24.3 Å². The average Bonchev–Trinajstić information content (AvgIpc) is 3.86. The Morgan fingerprint density at radius 2 is 1.58 bits per heavy atom. The topological polar surface area (TPSA) is 134 Å². The number of carboxylic acid groups (broad SMARTS) is 2. The Morgan fingerprint density at radius 1 is 0.956 bits per heavy atom. The van der Waals surface area contributed by atoms with Gasteiger partial charge in [0.15, 0.2) is 5.16 Å². The molecule has 6 rings (SSSR count). The molecule has 2 atom stereocenters. The molecule has 1 aromatic heterocycles. The summed E-state index contributed by atoms with van der Waals surface area (Å²) in [5.41, 5.74) is 4.85. The third kappa shape index (κ3) is 9.97. The molecule has 16 heteroatoms. The van der Waals surface area contributed by atoms with Gasteiger partial charge in [-0.05, 0) is 61.6 Å². The molecule has 9 nitrogen and oxygen atoms in total. The Labute approximate surface area is 257 Å². The molecule has 45 heavy (non-hydrogen) atoms. The standard InChI is InChI=1S/C25H26N4OS.2C2HF3O2/c30-24(19-3-1-2-18(12-19)21-13-22(21)26-14-16-4-5-16)27-20-8-6-17(7-9-20)23-15-29-10-11-31-25(29)28-23;2*3-2(4,5)1(6)7/h1-3,6-9,12,15-16,21-22,26H,4-5,10-11,13-14H2,(H,27,30);2*(H,6,7). The van der Waals surface area contributed by atoms with Gasteiger partial charge in [0.05, 0.1) is 5.69 Å². The van der Waals surface area contributed by atoms with Gasteiger partial charge in [-0.15, -0.1) is 0 Å². The van der Waals surface area contributed by atoms with Gasteiger partial charge in [0, 0.05) is 47.3 Å². The predicted molar refractivity (Wildman–Crippen MR) is 152 cm³/mol. The van der Waals surface area contributed by atoms with Crippen molar-refractivity contribution in [1.82, 2.24) is 14.9 Å². The molecule has 2 heterocycles. The summed E-state index contributed by atoms with van der Waals surface area (Å²) in [6.45, 7) is 2.18. The lowest BCUT2D eigenvalue weighted by atomic mass is 10.1. The maximum atomic E-state index is 12.8. The molecule has 4 N–H and O–H groups in total. The van der Waals surface area contributed by atoms with E-state index in [1.807, 2.05) is 36.4 Å². The highest BCUT2D eigenvalue weighted by Gasteiger charge is 2.40. The number of amides is 1. The van der Waals surface area contributed by atoms with E-state index in [0.717, 1.165) is 52.4 Å². The van der Waals surface area contributed by atoms with Gasteiger partial charge in [0.1, 0.15) is 0 Å². The van der Waals surface area contributed by atoms with Crippen molar-refractivity contribution >= 4 is 35.3 Å². The fraction of sp³-hybridized carbons (Fsp3) is 0.379. The van der Waals surface area contributed by atoms with Crippen LogP contribution in [0.5, 0.6) is 0 Å². The Bertz CT molecular complexity index is 1480. The van der Waals surface area contributed by atoms with Crippen molar-refractivity contribution in [2.75, 3.05) is 17.6 Å². The quantitative estimate of drug-likeness (QED) is 0.226. The monoisotopic (exact) mass is 658 g/mol. The van der Waals surface area contributed by atoms with Gasteiger partial charge in [-0.25, -0.2) is 14.6 Å². The fourth-order valence-corrected chi connectivity index (χ4v) is 5.26. The number of nitrogens with one attached hydrogen (secondary N) is 2. The first kappa shape index (κ1) is 33.8. The van der Waals surface area contributed by atoms with Crippen molar-refractivity contribution in [3.63, 3.8) is 0 Å². The highest BCUT2D eigenvalue weighted by molar-refractivity contribution is 7.99. The number of nitrogens with zero attached hydrogens (tertiary/aromatic N) is 2. The minimum atomic E-state index is -5.08. The third-order valence-corrected chi connectivity index (χ3v) is 7.93. The lowest BCUT2D eigenvalue weighted by Gasteiger charge is -2.08. The number of alkyl halides is 6. The molecule has 3 aliphatic rings. The van der Waals surface area contributed by atoms with Gasteiger partial charge < -0.3 is 25.4 Å². The number of aromatic nitrogens is 2. The molecule has 2 saturated carbocycles. The molecule has 0 bridgehead atoms. The Kier molecular flexibility index (Phi) is 10.5. The average molecular weight is 659 g/mol. The molecular weight excluding hydrogens is 630 g/mol. The van der Waals surface area contributed by atoms with Crippen LogP contribution in [0.15, 0.2) is 59.9 Å². The van der Waals surface area contributed by atoms with Gasteiger partial charge in [-0.1, -0.05) is 36.0 Å². The van der Waals surface area contributed by atoms with Crippen LogP contribution in [0.25, 0.3) is 11.3 Å². The molecule has 242 valence electrons. The molecule has 0 saturated heterocycles. The summed E-state index contributed by atoms with van der Waals surface area (Å²) in [7, 11) is 0. The van der Waals surface area contributed by atoms with E-state index in [1.54, 1.807) is 11.8 Å². The minimum Gasteiger partial charge on any atom is -0.475 e. The molecule has 0 spiro atoms. The van der Waals surface area contributed by atoms with Crippen LogP contribution in [0, 0.1) is 5.92 Å². The van der Waals surface area contributed by atoms with Gasteiger partial charge in [0.25, 0.3) is 5.91 Å². The number of thioether (sulfide) groups is 1. The number of hydrogen-bond acceptors (Lipinski definition) is 6. The highest BCUT2D eigenvalue weighted by Crippen LogP contribution is 2.42. The van der Waals surface area contributed by atoms with E-state index in [0.29, 0.717) is 12.0 Å². The van der Waals surface area contributed by atoms with Crippen LogP contribution in [-0.2, 0) is 16.1 Å². The van der Waals surface area contributed by atoms with E-state index in [9.17, 15) is 31.1 Å². The number of rotatable bonds is 7. The second-order valence-electron chi connectivity index (χ2n) is 10.5. The van der Waals surface area contributed by atoms with Crippen molar-refractivity contribution in [2.45, 2.75) is 55.3 Å². The largest absolute Gasteiger partial charge is 0.490 e. The number of fused-ring (bicyclic) bond motifs is 1. The summed E-state index contributed by atoms with van der Waals surface area (Å²) < 4.78 is 65.7. The maximum absolute atomic E-state index is 12.8. The third-order valence-electron chi connectivity index (χ3n) is 6.96. The van der Waals surface area contributed by atoms with Crippen LogP contribution >= 0.6 is 11.8 Å². The number of carbonyl (C=O) groups is 3. The summed E-state index contributed by atoms with van der Waals surface area (Å²) >= 11 is 1.80. The molecule has 1 aliphatic heterocycles. The first-order valence-electron chi connectivity index (χ1n) is 13.7. The second-order valence-corrected chi connectivity index (χ2v) is 11.6. The van der Waals surface area contributed by atoms with Crippen LogP contribution in [-0.4, -0.2) is 68.3 Å². The number of aryl methyl sites for hydroxylation is 1. The zero-order valence-corrected chi connectivity index (χ0v) is 24.2. The van der Waals surface area contributed by atoms with Gasteiger partial charge in [-0.3, -0.25) is 4.79 Å². The summed E-state index contributed by atoms with van der Waals surface area (Å²) in [4.78, 5) is 35.3. The summed E-state index contributed by atoms with van der Waals surface area (Å²) in [6.07, 6.45) is -4.12. The molecule has 2 fully saturated rings. The minimum absolute atomic E-state index is 0.0601. The first-order valence-corrected chi connectivity index (χ1v) is 14.7. The van der Waals surface area contributed by atoms with E-state index >= 15 is 0 Å². The smallest absolute Gasteiger partial charge is 0.475 e. The van der Waals surface area contributed by atoms with Crippen molar-refractivity contribution < 1.29 is 50.9 Å². The first-order chi connectivity index (χ1) is 21.1. The van der Waals surface area contributed by atoms with Crippen molar-refractivity contribution in [3.8, 4) is 11.3 Å². The number of imidazole rings is 1.